The molecule has 0 radical (unpaired) electrons. The third-order valence-electron chi connectivity index (χ3n) is 4.97. The third-order valence-corrected chi connectivity index (χ3v) is 5.27. The Bertz CT molecular complexity index is 1150. The Balaban J connectivity index is 1.59. The number of anilines is 1. The highest BCUT2D eigenvalue weighted by atomic mass is 35.5. The second-order valence-electron chi connectivity index (χ2n) is 7.16. The van der Waals surface area contributed by atoms with Crippen molar-refractivity contribution in [1.82, 2.24) is 9.88 Å². The summed E-state index contributed by atoms with van der Waals surface area (Å²) in [6, 6.07) is 14.7. The second kappa shape index (κ2) is 8.73. The number of ether oxygens (including phenoxy) is 1. The summed E-state index contributed by atoms with van der Waals surface area (Å²) >= 11 is 6.00. The lowest BCUT2D eigenvalue weighted by molar-refractivity contribution is -0.138. The zero-order valence-corrected chi connectivity index (χ0v) is 17.4. The number of hydrogen-bond acceptors (Lipinski definition) is 4. The molecule has 6 nitrogen and oxygen atoms in total. The van der Waals surface area contributed by atoms with Crippen LogP contribution in [0.1, 0.15) is 28.4 Å². The summed E-state index contributed by atoms with van der Waals surface area (Å²) in [5.41, 5.74) is 1.88. The average molecular weight is 440 g/mol. The summed E-state index contributed by atoms with van der Waals surface area (Å²) in [5, 5.41) is 2.89. The highest BCUT2D eigenvalue weighted by Crippen LogP contribution is 2.30. The molecule has 1 atom stereocenters. The summed E-state index contributed by atoms with van der Waals surface area (Å²) in [6.07, 6.45) is 0.781. The lowest BCUT2D eigenvalue weighted by atomic mass is 10.1. The van der Waals surface area contributed by atoms with Gasteiger partial charge in [0, 0.05) is 36.1 Å². The van der Waals surface area contributed by atoms with E-state index in [1.54, 1.807) is 60.4 Å². The molecule has 3 aromatic rings. The monoisotopic (exact) mass is 439 g/mol. The fourth-order valence-electron chi connectivity index (χ4n) is 3.40. The first-order valence-corrected chi connectivity index (χ1v) is 10.0. The molecule has 158 valence electrons. The molecule has 2 amide bonds. The Morgan fingerprint density at radius 1 is 1.26 bits per heavy atom. The van der Waals surface area contributed by atoms with Crippen molar-refractivity contribution >= 4 is 29.1 Å². The normalized spacial score (nSPS) is 15.6. The fourth-order valence-corrected chi connectivity index (χ4v) is 3.60. The van der Waals surface area contributed by atoms with E-state index in [0.717, 1.165) is 0 Å². The lowest BCUT2D eigenvalue weighted by Crippen LogP contribution is -2.37. The summed E-state index contributed by atoms with van der Waals surface area (Å²) < 4.78 is 19.9. The first-order valence-electron chi connectivity index (χ1n) is 9.66. The molecule has 1 aromatic heterocycles. The maximum atomic E-state index is 14.1. The fraction of sp³-hybridized carbons (Fsp3) is 0.174. The van der Waals surface area contributed by atoms with Crippen molar-refractivity contribution in [1.29, 1.82) is 0 Å². The number of nitrogens with one attached hydrogen (secondary N) is 1. The number of hydrogen-bond donors (Lipinski definition) is 1. The lowest BCUT2D eigenvalue weighted by Gasteiger charge is -2.22. The molecular formula is C23H19ClFN3O3. The molecule has 2 aromatic carbocycles. The van der Waals surface area contributed by atoms with Crippen LogP contribution in [0.25, 0.3) is 0 Å². The Kier molecular flexibility index (Phi) is 5.86. The molecule has 0 bridgehead atoms. The molecule has 0 fully saturated rings. The molecule has 1 aliphatic heterocycles. The van der Waals surface area contributed by atoms with Gasteiger partial charge in [0.2, 0.25) is 0 Å². The van der Waals surface area contributed by atoms with Crippen LogP contribution in [0.15, 0.2) is 60.8 Å². The third kappa shape index (κ3) is 4.51. The van der Waals surface area contributed by atoms with E-state index in [2.05, 4.69) is 10.3 Å². The van der Waals surface area contributed by atoms with Gasteiger partial charge >= 0.3 is 0 Å². The van der Waals surface area contributed by atoms with Gasteiger partial charge in [0.1, 0.15) is 16.7 Å². The smallest absolute Gasteiger partial charge is 0.263 e. The highest BCUT2D eigenvalue weighted by Gasteiger charge is 2.28. The summed E-state index contributed by atoms with van der Waals surface area (Å²) in [7, 11) is 0. The quantitative estimate of drug-likeness (QED) is 0.610. The molecule has 0 aliphatic carbocycles. The number of aromatic nitrogens is 1. The molecular weight excluding hydrogens is 421 g/mol. The zero-order chi connectivity index (χ0) is 22.0. The molecule has 8 heteroatoms. The van der Waals surface area contributed by atoms with Crippen molar-refractivity contribution in [3.63, 3.8) is 0 Å². The average Bonchev–Trinajstić information content (AvgIpc) is 2.86. The number of pyridine rings is 1. The van der Waals surface area contributed by atoms with Crippen LogP contribution in [0.5, 0.6) is 5.75 Å². The largest absolute Gasteiger partial charge is 0.481 e. The molecule has 0 saturated carbocycles. The van der Waals surface area contributed by atoms with Crippen molar-refractivity contribution in [3.05, 3.63) is 88.5 Å². The molecule has 2 heterocycles. The van der Waals surface area contributed by atoms with Crippen LogP contribution in [-0.2, 0) is 17.9 Å². The first kappa shape index (κ1) is 20.8. The Hall–Kier alpha value is -3.45. The number of carbonyl (C=O) groups excluding carboxylic acids is 2. The van der Waals surface area contributed by atoms with E-state index in [9.17, 15) is 14.0 Å². The van der Waals surface area contributed by atoms with E-state index in [0.29, 0.717) is 22.6 Å². The van der Waals surface area contributed by atoms with Gasteiger partial charge in [-0.05, 0) is 43.3 Å². The van der Waals surface area contributed by atoms with E-state index in [4.69, 9.17) is 16.3 Å². The van der Waals surface area contributed by atoms with Crippen LogP contribution in [0.2, 0.25) is 5.15 Å². The van der Waals surface area contributed by atoms with Crippen molar-refractivity contribution in [3.8, 4) is 5.75 Å². The summed E-state index contributed by atoms with van der Waals surface area (Å²) in [6.45, 7) is 1.98. The van der Waals surface area contributed by atoms with E-state index in [1.165, 1.54) is 12.3 Å². The van der Waals surface area contributed by atoms with Gasteiger partial charge in [-0.3, -0.25) is 9.59 Å². The van der Waals surface area contributed by atoms with Crippen LogP contribution in [0.4, 0.5) is 10.1 Å². The van der Waals surface area contributed by atoms with Crippen LogP contribution in [-0.4, -0.2) is 27.8 Å². The topological polar surface area (TPSA) is 71.5 Å². The van der Waals surface area contributed by atoms with E-state index < -0.39 is 12.0 Å². The highest BCUT2D eigenvalue weighted by molar-refractivity contribution is 6.33. The minimum Gasteiger partial charge on any atom is -0.481 e. The van der Waals surface area contributed by atoms with Crippen molar-refractivity contribution in [2.75, 3.05) is 5.32 Å². The van der Waals surface area contributed by atoms with E-state index >= 15 is 0 Å². The van der Waals surface area contributed by atoms with Gasteiger partial charge in [-0.25, -0.2) is 9.37 Å². The van der Waals surface area contributed by atoms with Crippen LogP contribution < -0.4 is 10.1 Å². The van der Waals surface area contributed by atoms with Gasteiger partial charge < -0.3 is 15.0 Å². The predicted molar refractivity (Wildman–Crippen MR) is 114 cm³/mol. The SMILES string of the molecule is C[C@H]1Oc2ccc(NC(=O)c3cccnc3Cl)cc2CN(Cc2ccccc2F)C1=O. The van der Waals surface area contributed by atoms with Crippen molar-refractivity contribution in [2.45, 2.75) is 26.1 Å². The molecule has 31 heavy (non-hydrogen) atoms. The van der Waals surface area contributed by atoms with Gasteiger partial charge in [0.25, 0.3) is 11.8 Å². The number of fused-ring (bicyclic) bond motifs is 1. The first-order chi connectivity index (χ1) is 14.9. The standard InChI is InChI=1S/C23H19ClFN3O3/c1-14-23(30)28(12-15-5-2-3-7-19(15)25)13-16-11-17(8-9-20(16)31-14)27-22(29)18-6-4-10-26-21(18)24/h2-11,14H,12-13H2,1H3,(H,27,29)/t14-/m1/s1. The molecule has 1 aliphatic rings. The summed E-state index contributed by atoms with van der Waals surface area (Å²) in [4.78, 5) is 30.8. The van der Waals surface area contributed by atoms with Crippen molar-refractivity contribution < 1.29 is 18.7 Å². The number of halogens is 2. The van der Waals surface area contributed by atoms with Gasteiger partial charge in [-0.2, -0.15) is 0 Å². The number of benzene rings is 2. The van der Waals surface area contributed by atoms with Crippen LogP contribution in [0.3, 0.4) is 0 Å². The Morgan fingerprint density at radius 3 is 2.84 bits per heavy atom. The number of carbonyl (C=O) groups is 2. The number of nitrogens with zero attached hydrogens (tertiary/aromatic N) is 2. The summed E-state index contributed by atoms with van der Waals surface area (Å²) in [5.74, 6) is -0.482. The second-order valence-corrected chi connectivity index (χ2v) is 7.52. The molecule has 0 saturated heterocycles. The molecule has 0 spiro atoms. The van der Waals surface area contributed by atoms with Crippen molar-refractivity contribution in [2.24, 2.45) is 0 Å². The number of rotatable bonds is 4. The van der Waals surface area contributed by atoms with Gasteiger partial charge in [-0.1, -0.05) is 29.8 Å². The van der Waals surface area contributed by atoms with E-state index in [1.807, 2.05) is 0 Å². The predicted octanol–water partition coefficient (Wildman–Crippen LogP) is 4.44. The Labute approximate surface area is 183 Å². The Morgan fingerprint density at radius 2 is 2.06 bits per heavy atom. The van der Waals surface area contributed by atoms with Crippen LogP contribution >= 0.6 is 11.6 Å². The van der Waals surface area contributed by atoms with Gasteiger partial charge in [0.15, 0.2) is 6.10 Å². The zero-order valence-electron chi connectivity index (χ0n) is 16.6. The maximum Gasteiger partial charge on any atom is 0.263 e. The maximum absolute atomic E-state index is 14.1. The molecule has 1 N–H and O–H groups in total. The van der Waals surface area contributed by atoms with Gasteiger partial charge in [-0.15, -0.1) is 0 Å². The number of amides is 2. The van der Waals surface area contributed by atoms with Gasteiger partial charge in [0.05, 0.1) is 5.56 Å². The molecule has 4 rings (SSSR count). The minimum atomic E-state index is -0.720. The molecule has 0 unspecified atom stereocenters. The minimum absolute atomic E-state index is 0.105. The van der Waals surface area contributed by atoms with E-state index in [-0.39, 0.29) is 35.5 Å². The van der Waals surface area contributed by atoms with Crippen LogP contribution in [0, 0.1) is 5.82 Å².